The molecule has 10 aromatic rings. The van der Waals surface area contributed by atoms with E-state index in [1.165, 1.54) is 81.3 Å². The van der Waals surface area contributed by atoms with E-state index < -0.39 is 0 Å². The zero-order valence-electron chi connectivity index (χ0n) is 25.8. The van der Waals surface area contributed by atoms with Crippen LogP contribution in [0.4, 0.5) is 0 Å². The van der Waals surface area contributed by atoms with Crippen LogP contribution >= 0.6 is 11.8 Å². The fourth-order valence-electron chi connectivity index (χ4n) is 8.09. The summed E-state index contributed by atoms with van der Waals surface area (Å²) in [6, 6.07) is 59.8. The summed E-state index contributed by atoms with van der Waals surface area (Å²) in [5.74, 6) is 0. The normalized spacial score (nSPS) is 12.5. The fourth-order valence-corrected chi connectivity index (χ4v) is 9.18. The van der Waals surface area contributed by atoms with Crippen LogP contribution in [0.3, 0.4) is 0 Å². The molecule has 11 rings (SSSR count). The van der Waals surface area contributed by atoms with E-state index in [4.69, 9.17) is 0 Å². The van der Waals surface area contributed by atoms with Crippen molar-refractivity contribution in [2.24, 2.45) is 0 Å². The van der Waals surface area contributed by atoms with Gasteiger partial charge in [0.2, 0.25) is 0 Å². The van der Waals surface area contributed by atoms with Gasteiger partial charge in [-0.25, -0.2) is 0 Å². The minimum atomic E-state index is 1.14. The highest BCUT2D eigenvalue weighted by molar-refractivity contribution is 7.99. The van der Waals surface area contributed by atoms with Crippen molar-refractivity contribution in [1.82, 2.24) is 13.7 Å². The third-order valence-electron chi connectivity index (χ3n) is 10.0. The Labute approximate surface area is 280 Å². The van der Waals surface area contributed by atoms with Gasteiger partial charge in [0.1, 0.15) is 5.65 Å². The molecule has 7 aromatic carbocycles. The first-order valence-corrected chi connectivity index (χ1v) is 17.2. The number of benzene rings is 7. The number of hydrogen-bond acceptors (Lipinski definition) is 1. The molecule has 0 amide bonds. The molecule has 3 aromatic heterocycles. The standard InChI is InChI=1S/C44H27N3S/c1-2-12-28(13-3-1)31-16-10-21-38-41(31)42-34-17-11-23-40-43(34)47(37-20-8-9-22-39(37)48-40)44(42)46(38)30-26-24-29(25-27-30)45-35-18-6-4-14-32(35)33-15-5-7-19-36(33)45/h1-27H. The van der Waals surface area contributed by atoms with E-state index in [0.717, 1.165) is 11.4 Å². The van der Waals surface area contributed by atoms with Crippen LogP contribution in [0.1, 0.15) is 0 Å². The molecule has 0 bridgehead atoms. The molecule has 4 heterocycles. The molecular formula is C44H27N3S. The van der Waals surface area contributed by atoms with Crippen molar-refractivity contribution in [2.75, 3.05) is 0 Å². The van der Waals surface area contributed by atoms with Gasteiger partial charge in [-0.3, -0.25) is 9.13 Å². The number of nitrogens with zero attached hydrogens (tertiary/aromatic N) is 3. The largest absolute Gasteiger partial charge is 0.309 e. The number of fused-ring (bicyclic) bond motifs is 10. The van der Waals surface area contributed by atoms with Crippen molar-refractivity contribution in [3.8, 4) is 28.2 Å². The molecule has 4 heteroatoms. The van der Waals surface area contributed by atoms with Gasteiger partial charge in [-0.05, 0) is 71.8 Å². The molecule has 0 unspecified atom stereocenters. The first-order chi connectivity index (χ1) is 23.8. The fraction of sp³-hybridized carbons (Fsp3) is 0. The zero-order valence-corrected chi connectivity index (χ0v) is 26.7. The van der Waals surface area contributed by atoms with E-state index in [1.54, 1.807) is 0 Å². The molecule has 3 nitrogen and oxygen atoms in total. The molecule has 224 valence electrons. The van der Waals surface area contributed by atoms with Crippen molar-refractivity contribution >= 4 is 66.4 Å². The molecule has 48 heavy (non-hydrogen) atoms. The maximum Gasteiger partial charge on any atom is 0.131 e. The summed E-state index contributed by atoms with van der Waals surface area (Å²) in [5.41, 5.74) is 12.1. The average Bonchev–Trinajstić information content (AvgIpc) is 3.79. The Kier molecular flexibility index (Phi) is 5.32. The topological polar surface area (TPSA) is 14.8 Å². The number of para-hydroxylation sites is 4. The van der Waals surface area contributed by atoms with Gasteiger partial charge in [0, 0.05) is 48.1 Å². The molecule has 1 aliphatic rings. The molecule has 0 fully saturated rings. The van der Waals surface area contributed by atoms with Gasteiger partial charge in [0.15, 0.2) is 0 Å². The van der Waals surface area contributed by atoms with Gasteiger partial charge in [0.05, 0.1) is 27.8 Å². The molecule has 0 radical (unpaired) electrons. The molecular weight excluding hydrogens is 603 g/mol. The Morgan fingerprint density at radius 3 is 1.73 bits per heavy atom. The monoisotopic (exact) mass is 629 g/mol. The lowest BCUT2D eigenvalue weighted by molar-refractivity contribution is 1.02. The van der Waals surface area contributed by atoms with Gasteiger partial charge in [0.25, 0.3) is 0 Å². The Balaban J connectivity index is 1.25. The Morgan fingerprint density at radius 2 is 0.958 bits per heavy atom. The molecule has 0 aliphatic carbocycles. The van der Waals surface area contributed by atoms with Gasteiger partial charge >= 0.3 is 0 Å². The second kappa shape index (κ2) is 9.77. The van der Waals surface area contributed by atoms with E-state index >= 15 is 0 Å². The van der Waals surface area contributed by atoms with Crippen molar-refractivity contribution < 1.29 is 0 Å². The zero-order chi connectivity index (χ0) is 31.3. The van der Waals surface area contributed by atoms with Gasteiger partial charge < -0.3 is 4.57 Å². The SMILES string of the molecule is c1ccc(-c2cccc3c2c2c4cccc5c4n(c2n3-c2ccc(-n3c4ccccc4c4ccccc43)cc2)-c2ccccc2S5)cc1. The highest BCUT2D eigenvalue weighted by atomic mass is 32.2. The van der Waals surface area contributed by atoms with Crippen LogP contribution in [-0.2, 0) is 0 Å². The van der Waals surface area contributed by atoms with Gasteiger partial charge in [-0.15, -0.1) is 0 Å². The van der Waals surface area contributed by atoms with Crippen LogP contribution < -0.4 is 0 Å². The highest BCUT2D eigenvalue weighted by Gasteiger charge is 2.28. The van der Waals surface area contributed by atoms with Crippen LogP contribution in [0.25, 0.3) is 82.8 Å². The summed E-state index contributed by atoms with van der Waals surface area (Å²) < 4.78 is 7.39. The van der Waals surface area contributed by atoms with Crippen molar-refractivity contribution in [2.45, 2.75) is 9.79 Å². The summed E-state index contributed by atoms with van der Waals surface area (Å²) in [6.45, 7) is 0. The lowest BCUT2D eigenvalue weighted by Crippen LogP contribution is -2.05. The van der Waals surface area contributed by atoms with Crippen molar-refractivity contribution in [3.63, 3.8) is 0 Å². The minimum Gasteiger partial charge on any atom is -0.309 e. The molecule has 0 atom stereocenters. The lowest BCUT2D eigenvalue weighted by atomic mass is 9.99. The van der Waals surface area contributed by atoms with Crippen LogP contribution in [0.15, 0.2) is 174 Å². The summed E-state index contributed by atoms with van der Waals surface area (Å²) in [6.07, 6.45) is 0. The third-order valence-corrected chi connectivity index (χ3v) is 11.1. The van der Waals surface area contributed by atoms with Crippen molar-refractivity contribution in [1.29, 1.82) is 0 Å². The molecule has 1 aliphatic heterocycles. The first kappa shape index (κ1) is 26.1. The predicted octanol–water partition coefficient (Wildman–Crippen LogP) is 12.0. The Morgan fingerprint density at radius 1 is 0.375 bits per heavy atom. The molecule has 0 spiro atoms. The van der Waals surface area contributed by atoms with E-state index in [9.17, 15) is 0 Å². The quantitative estimate of drug-likeness (QED) is 0.190. The second-order valence-corrected chi connectivity index (χ2v) is 13.6. The highest BCUT2D eigenvalue weighted by Crippen LogP contribution is 2.50. The number of aromatic nitrogens is 3. The van der Waals surface area contributed by atoms with E-state index in [0.29, 0.717) is 0 Å². The van der Waals surface area contributed by atoms with Crippen LogP contribution in [0.2, 0.25) is 0 Å². The van der Waals surface area contributed by atoms with E-state index in [2.05, 4.69) is 177 Å². The predicted molar refractivity (Wildman–Crippen MR) is 202 cm³/mol. The number of hydrogen-bond donors (Lipinski definition) is 0. The Hall–Kier alpha value is -5.97. The third kappa shape index (κ3) is 3.45. The van der Waals surface area contributed by atoms with E-state index in [1.807, 2.05) is 11.8 Å². The molecule has 0 saturated heterocycles. The average molecular weight is 630 g/mol. The van der Waals surface area contributed by atoms with E-state index in [-0.39, 0.29) is 0 Å². The smallest absolute Gasteiger partial charge is 0.131 e. The summed E-state index contributed by atoms with van der Waals surface area (Å²) in [4.78, 5) is 2.57. The van der Waals surface area contributed by atoms with Crippen LogP contribution in [-0.4, -0.2) is 13.7 Å². The second-order valence-electron chi connectivity index (χ2n) is 12.5. The molecule has 0 saturated carbocycles. The summed E-state index contributed by atoms with van der Waals surface area (Å²) in [7, 11) is 0. The number of rotatable bonds is 3. The maximum atomic E-state index is 2.52. The van der Waals surface area contributed by atoms with Crippen molar-refractivity contribution in [3.05, 3.63) is 164 Å². The Bertz CT molecular complexity index is 2850. The van der Waals surface area contributed by atoms with Gasteiger partial charge in [-0.1, -0.05) is 115 Å². The summed E-state index contributed by atoms with van der Waals surface area (Å²) in [5, 5.41) is 6.42. The van der Waals surface area contributed by atoms with Gasteiger partial charge in [-0.2, -0.15) is 0 Å². The maximum absolute atomic E-state index is 2.52. The molecule has 0 N–H and O–H groups in total. The lowest BCUT2D eigenvalue weighted by Gasteiger charge is -2.21. The van der Waals surface area contributed by atoms with Crippen LogP contribution in [0.5, 0.6) is 0 Å². The minimum absolute atomic E-state index is 1.14. The van der Waals surface area contributed by atoms with Crippen LogP contribution in [0, 0.1) is 0 Å². The first-order valence-electron chi connectivity index (χ1n) is 16.4. The summed E-state index contributed by atoms with van der Waals surface area (Å²) >= 11 is 1.87.